The predicted molar refractivity (Wildman–Crippen MR) is 57.5 cm³/mol. The number of carbonyl (C=O) groups excluding carboxylic acids is 1. The van der Waals surface area contributed by atoms with Gasteiger partial charge in [-0.15, -0.1) is 0 Å². The Morgan fingerprint density at radius 2 is 2.13 bits per heavy atom. The van der Waals surface area contributed by atoms with Crippen LogP contribution in [0.15, 0.2) is 30.3 Å². The molecular formula is C12H15NO2. The Hall–Kier alpha value is -1.51. The first-order valence-corrected chi connectivity index (χ1v) is 5.31. The summed E-state index contributed by atoms with van der Waals surface area (Å²) in [7, 11) is 0. The molecule has 0 bridgehead atoms. The summed E-state index contributed by atoms with van der Waals surface area (Å²) < 4.78 is 5.30. The number of carbonyl (C=O) groups is 1. The molecule has 1 aromatic rings. The second-order valence-electron chi connectivity index (χ2n) is 3.73. The number of rotatable bonds is 3. The molecule has 0 aromatic heterocycles. The molecule has 0 aliphatic carbocycles. The van der Waals surface area contributed by atoms with Crippen LogP contribution >= 0.6 is 0 Å². The van der Waals surface area contributed by atoms with Crippen molar-refractivity contribution in [3.05, 3.63) is 35.9 Å². The van der Waals surface area contributed by atoms with E-state index in [0.29, 0.717) is 6.54 Å². The molecule has 15 heavy (non-hydrogen) atoms. The lowest BCUT2D eigenvalue weighted by molar-refractivity contribution is 0.133. The van der Waals surface area contributed by atoms with E-state index < -0.39 is 0 Å². The number of nitrogens with zero attached hydrogens (tertiary/aromatic N) is 1. The van der Waals surface area contributed by atoms with Gasteiger partial charge in [-0.05, 0) is 12.0 Å². The van der Waals surface area contributed by atoms with Gasteiger partial charge >= 0.3 is 6.09 Å². The lowest BCUT2D eigenvalue weighted by Gasteiger charge is -2.10. The Morgan fingerprint density at radius 3 is 2.80 bits per heavy atom. The van der Waals surface area contributed by atoms with Gasteiger partial charge < -0.3 is 9.64 Å². The zero-order valence-electron chi connectivity index (χ0n) is 8.85. The highest BCUT2D eigenvalue weighted by molar-refractivity contribution is 5.70. The summed E-state index contributed by atoms with van der Waals surface area (Å²) in [6.45, 7) is 3.52. The fourth-order valence-corrected chi connectivity index (χ4v) is 1.80. The maximum atomic E-state index is 11.5. The molecular weight excluding hydrogens is 190 g/mol. The molecule has 0 saturated carbocycles. The maximum absolute atomic E-state index is 11.5. The highest BCUT2D eigenvalue weighted by atomic mass is 16.6. The molecule has 0 radical (unpaired) electrons. The summed E-state index contributed by atoms with van der Waals surface area (Å²) in [5.41, 5.74) is 1.07. The van der Waals surface area contributed by atoms with Gasteiger partial charge in [-0.3, -0.25) is 0 Å². The Morgan fingerprint density at radius 1 is 1.40 bits per heavy atom. The lowest BCUT2D eigenvalue weighted by Crippen LogP contribution is -2.24. The average Bonchev–Trinajstić information content (AvgIpc) is 2.63. The second kappa shape index (κ2) is 4.34. The van der Waals surface area contributed by atoms with Crippen molar-refractivity contribution >= 4 is 6.09 Å². The summed E-state index contributed by atoms with van der Waals surface area (Å²) in [5.74, 6) is 0. The maximum Gasteiger partial charge on any atom is 0.410 e. The van der Waals surface area contributed by atoms with Crippen molar-refractivity contribution < 1.29 is 9.53 Å². The molecule has 0 spiro atoms. The predicted octanol–water partition coefficient (Wildman–Crippen LogP) is 2.59. The van der Waals surface area contributed by atoms with Crippen molar-refractivity contribution in [3.8, 4) is 0 Å². The molecule has 1 saturated heterocycles. The van der Waals surface area contributed by atoms with Crippen LogP contribution in [-0.2, 0) is 4.74 Å². The first-order valence-electron chi connectivity index (χ1n) is 5.31. The Kier molecular flexibility index (Phi) is 2.90. The van der Waals surface area contributed by atoms with E-state index in [1.165, 1.54) is 0 Å². The lowest BCUT2D eigenvalue weighted by atomic mass is 10.1. The van der Waals surface area contributed by atoms with Crippen LogP contribution in [0.4, 0.5) is 4.79 Å². The van der Waals surface area contributed by atoms with Crippen molar-refractivity contribution in [2.24, 2.45) is 0 Å². The monoisotopic (exact) mass is 205 g/mol. The molecule has 1 aromatic carbocycles. The van der Waals surface area contributed by atoms with Gasteiger partial charge in [0.15, 0.2) is 0 Å². The zero-order valence-corrected chi connectivity index (χ0v) is 8.85. The van der Waals surface area contributed by atoms with Gasteiger partial charge in [0.2, 0.25) is 0 Å². The first-order chi connectivity index (χ1) is 7.31. The van der Waals surface area contributed by atoms with E-state index in [1.54, 1.807) is 4.90 Å². The van der Waals surface area contributed by atoms with Crippen molar-refractivity contribution in [1.82, 2.24) is 4.90 Å². The molecule has 1 atom stereocenters. The van der Waals surface area contributed by atoms with E-state index in [2.05, 4.69) is 6.92 Å². The van der Waals surface area contributed by atoms with E-state index >= 15 is 0 Å². The quantitative estimate of drug-likeness (QED) is 0.759. The molecule has 2 rings (SSSR count). The number of cyclic esters (lactones) is 1. The van der Waals surface area contributed by atoms with Crippen molar-refractivity contribution in [3.63, 3.8) is 0 Å². The summed E-state index contributed by atoms with van der Waals surface area (Å²) in [4.78, 5) is 13.2. The van der Waals surface area contributed by atoms with Gasteiger partial charge in [0.25, 0.3) is 0 Å². The van der Waals surface area contributed by atoms with Gasteiger partial charge in [-0.25, -0.2) is 4.79 Å². The van der Waals surface area contributed by atoms with Crippen molar-refractivity contribution in [1.29, 1.82) is 0 Å². The van der Waals surface area contributed by atoms with Crippen LogP contribution in [0.2, 0.25) is 0 Å². The molecule has 1 heterocycles. The van der Waals surface area contributed by atoms with E-state index in [-0.39, 0.29) is 12.2 Å². The number of amides is 1. The molecule has 3 nitrogen and oxygen atoms in total. The van der Waals surface area contributed by atoms with E-state index in [0.717, 1.165) is 18.5 Å². The summed E-state index contributed by atoms with van der Waals surface area (Å²) in [6, 6.07) is 9.88. The Balaban J connectivity index is 2.06. The normalized spacial score (nSPS) is 20.5. The molecule has 1 amide bonds. The third kappa shape index (κ3) is 2.12. The van der Waals surface area contributed by atoms with Crippen molar-refractivity contribution in [2.45, 2.75) is 19.4 Å². The smallest absolute Gasteiger partial charge is 0.410 e. The van der Waals surface area contributed by atoms with Crippen LogP contribution in [0, 0.1) is 0 Å². The number of ether oxygens (including phenoxy) is 1. The van der Waals surface area contributed by atoms with Gasteiger partial charge in [-0.1, -0.05) is 37.3 Å². The molecule has 3 heteroatoms. The van der Waals surface area contributed by atoms with Crippen LogP contribution in [0.3, 0.4) is 0 Å². The third-order valence-corrected chi connectivity index (χ3v) is 2.55. The highest BCUT2D eigenvalue weighted by Crippen LogP contribution is 2.25. The highest BCUT2D eigenvalue weighted by Gasteiger charge is 2.31. The molecule has 1 fully saturated rings. The summed E-state index contributed by atoms with van der Waals surface area (Å²) in [5, 5.41) is 0. The van der Waals surface area contributed by atoms with E-state index in [9.17, 15) is 4.79 Å². The molecule has 1 unspecified atom stereocenters. The van der Waals surface area contributed by atoms with Crippen molar-refractivity contribution in [2.75, 3.05) is 13.1 Å². The van der Waals surface area contributed by atoms with Gasteiger partial charge in [0, 0.05) is 6.54 Å². The Bertz CT molecular complexity index is 337. The van der Waals surface area contributed by atoms with Crippen LogP contribution in [0.25, 0.3) is 0 Å². The average molecular weight is 205 g/mol. The standard InChI is InChI=1S/C12H15NO2/c1-2-8-13-9-11(15-12(13)14)10-6-4-3-5-7-10/h3-7,11H,2,8-9H2,1H3. The van der Waals surface area contributed by atoms with Gasteiger partial charge in [-0.2, -0.15) is 0 Å². The minimum absolute atomic E-state index is 0.0924. The molecule has 1 aliphatic rings. The number of benzene rings is 1. The third-order valence-electron chi connectivity index (χ3n) is 2.55. The second-order valence-corrected chi connectivity index (χ2v) is 3.73. The minimum Gasteiger partial charge on any atom is -0.439 e. The van der Waals surface area contributed by atoms with Crippen LogP contribution in [0.1, 0.15) is 25.0 Å². The summed E-state index contributed by atoms with van der Waals surface area (Å²) >= 11 is 0. The topological polar surface area (TPSA) is 29.5 Å². The van der Waals surface area contributed by atoms with E-state index in [4.69, 9.17) is 4.74 Å². The Labute approximate surface area is 89.7 Å². The zero-order chi connectivity index (χ0) is 10.7. The number of hydrogen-bond donors (Lipinski definition) is 0. The number of hydrogen-bond acceptors (Lipinski definition) is 2. The fourth-order valence-electron chi connectivity index (χ4n) is 1.80. The van der Waals surface area contributed by atoms with Crippen LogP contribution in [0.5, 0.6) is 0 Å². The first kappa shape index (κ1) is 10.0. The van der Waals surface area contributed by atoms with Crippen LogP contribution < -0.4 is 0 Å². The molecule has 0 N–H and O–H groups in total. The molecule has 1 aliphatic heterocycles. The van der Waals surface area contributed by atoms with E-state index in [1.807, 2.05) is 30.3 Å². The largest absolute Gasteiger partial charge is 0.439 e. The summed E-state index contributed by atoms with van der Waals surface area (Å²) in [6.07, 6.45) is 0.687. The van der Waals surface area contributed by atoms with Gasteiger partial charge in [0.05, 0.1) is 6.54 Å². The molecule has 80 valence electrons. The minimum atomic E-state index is -0.189. The fraction of sp³-hybridized carbons (Fsp3) is 0.417. The van der Waals surface area contributed by atoms with Crippen LogP contribution in [-0.4, -0.2) is 24.1 Å². The SMILES string of the molecule is CCCN1CC(c2ccccc2)OC1=O. The van der Waals surface area contributed by atoms with Gasteiger partial charge in [0.1, 0.15) is 6.10 Å².